The predicted molar refractivity (Wildman–Crippen MR) is 168 cm³/mol. The second-order valence-corrected chi connectivity index (χ2v) is 9.47. The van der Waals surface area contributed by atoms with E-state index in [1.807, 2.05) is 84.9 Å². The number of imidazole rings is 1. The van der Waals surface area contributed by atoms with Crippen LogP contribution >= 0.6 is 0 Å². The number of nitrogens with two attached hydrogens (primary N) is 2. The lowest BCUT2D eigenvalue weighted by Gasteiger charge is -2.07. The molecule has 0 bridgehead atoms. The summed E-state index contributed by atoms with van der Waals surface area (Å²) in [6.07, 6.45) is 0. The van der Waals surface area contributed by atoms with Crippen LogP contribution < -0.4 is 11.5 Å². The van der Waals surface area contributed by atoms with Gasteiger partial charge in [0, 0.05) is 16.7 Å². The number of H-pyrrole nitrogens is 1. The highest BCUT2D eigenvalue weighted by molar-refractivity contribution is 5.87. The van der Waals surface area contributed by atoms with Gasteiger partial charge in [0.2, 0.25) is 0 Å². The maximum Gasteiger partial charge on any atom is 0.138 e. The first kappa shape index (κ1) is 26.3. The maximum absolute atomic E-state index is 6.03. The molecule has 196 valence electrons. The van der Waals surface area contributed by atoms with Crippen LogP contribution in [0.5, 0.6) is 0 Å². The number of aromatic amines is 1. The summed E-state index contributed by atoms with van der Waals surface area (Å²) < 4.78 is 0. The molecule has 0 radical (unpaired) electrons. The van der Waals surface area contributed by atoms with Gasteiger partial charge in [-0.05, 0) is 18.1 Å². The Balaban J connectivity index is 0.000000176. The minimum absolute atomic E-state index is 0.617. The molecule has 0 unspecified atom stereocenters. The van der Waals surface area contributed by atoms with Gasteiger partial charge >= 0.3 is 0 Å². The van der Waals surface area contributed by atoms with Crippen molar-refractivity contribution in [2.24, 2.45) is 11.5 Å². The van der Waals surface area contributed by atoms with E-state index in [4.69, 9.17) is 16.5 Å². The molecular weight excluding hydrogens is 488 g/mol. The summed E-state index contributed by atoms with van der Waals surface area (Å²) in [5, 5.41) is 0. The van der Waals surface area contributed by atoms with Crippen molar-refractivity contribution in [3.63, 3.8) is 0 Å². The van der Waals surface area contributed by atoms with Crippen LogP contribution in [0.25, 0.3) is 45.3 Å². The molecule has 0 spiro atoms. The molecule has 0 saturated carbocycles. The quantitative estimate of drug-likeness (QED) is 0.201. The summed E-state index contributed by atoms with van der Waals surface area (Å²) >= 11 is 0. The molecule has 1 aromatic heterocycles. The van der Waals surface area contributed by atoms with Crippen LogP contribution in [0.2, 0.25) is 0 Å². The van der Waals surface area contributed by atoms with E-state index in [-0.39, 0.29) is 0 Å². The van der Waals surface area contributed by atoms with Gasteiger partial charge in [-0.15, -0.1) is 0 Å². The predicted octanol–water partition coefficient (Wildman–Crippen LogP) is 8.15. The number of aryl methyl sites for hydroxylation is 1. The van der Waals surface area contributed by atoms with E-state index in [0.29, 0.717) is 11.4 Å². The number of hydrogen-bond acceptors (Lipinski definition) is 3. The van der Waals surface area contributed by atoms with Crippen LogP contribution in [0.3, 0.4) is 0 Å². The largest absolute Gasteiger partial charge is 0.397 e. The molecule has 0 atom stereocenters. The third-order valence-electron chi connectivity index (χ3n) is 6.60. The van der Waals surface area contributed by atoms with E-state index in [2.05, 4.69) is 72.6 Å². The molecule has 1 heterocycles. The van der Waals surface area contributed by atoms with Crippen LogP contribution in [-0.4, -0.2) is 9.97 Å². The fraction of sp³-hybridized carbons (Fsp3) is 0.0278. The summed E-state index contributed by atoms with van der Waals surface area (Å²) in [6.45, 7) is 2.09. The molecular formula is C36H32N4. The molecule has 5 N–H and O–H groups in total. The Labute approximate surface area is 235 Å². The fourth-order valence-electron chi connectivity index (χ4n) is 4.39. The van der Waals surface area contributed by atoms with Crippen molar-refractivity contribution < 1.29 is 0 Å². The maximum atomic E-state index is 6.03. The van der Waals surface area contributed by atoms with Crippen molar-refractivity contribution in [1.82, 2.24) is 9.97 Å². The summed E-state index contributed by atoms with van der Waals surface area (Å²) in [5.74, 6) is 0.896. The molecule has 0 saturated heterocycles. The number of nitrogens with zero attached hydrogens (tertiary/aromatic N) is 1. The third-order valence-corrected chi connectivity index (χ3v) is 6.60. The first-order valence-corrected chi connectivity index (χ1v) is 13.2. The van der Waals surface area contributed by atoms with E-state index >= 15 is 0 Å². The van der Waals surface area contributed by atoms with Gasteiger partial charge < -0.3 is 16.5 Å². The lowest BCUT2D eigenvalue weighted by molar-refractivity contribution is 1.30. The molecule has 0 amide bonds. The zero-order chi connectivity index (χ0) is 27.7. The van der Waals surface area contributed by atoms with Crippen molar-refractivity contribution >= 4 is 11.4 Å². The van der Waals surface area contributed by atoms with E-state index in [1.54, 1.807) is 0 Å². The van der Waals surface area contributed by atoms with Gasteiger partial charge in [-0.2, -0.15) is 0 Å². The Morgan fingerprint density at radius 2 is 0.925 bits per heavy atom. The number of hydrogen-bond donors (Lipinski definition) is 3. The molecule has 4 nitrogen and oxygen atoms in total. The lowest BCUT2D eigenvalue weighted by atomic mass is 10.1. The van der Waals surface area contributed by atoms with Crippen LogP contribution in [0.1, 0.15) is 16.7 Å². The van der Waals surface area contributed by atoms with Crippen molar-refractivity contribution in [2.45, 2.75) is 6.92 Å². The van der Waals surface area contributed by atoms with Crippen molar-refractivity contribution in [2.75, 3.05) is 0 Å². The summed E-state index contributed by atoms with van der Waals surface area (Å²) in [4.78, 5) is 8.42. The average molecular weight is 521 g/mol. The second kappa shape index (κ2) is 12.5. The molecule has 0 aliphatic rings. The van der Waals surface area contributed by atoms with Gasteiger partial charge in [0.25, 0.3) is 0 Å². The molecule has 6 rings (SSSR count). The highest BCUT2D eigenvalue weighted by Crippen LogP contribution is 2.32. The van der Waals surface area contributed by atoms with E-state index in [1.165, 1.54) is 5.56 Å². The third kappa shape index (κ3) is 6.20. The van der Waals surface area contributed by atoms with Crippen LogP contribution in [0.4, 0.5) is 0 Å². The fourth-order valence-corrected chi connectivity index (χ4v) is 4.39. The van der Waals surface area contributed by atoms with Gasteiger partial charge in [-0.3, -0.25) is 0 Å². The Kier molecular flexibility index (Phi) is 8.18. The van der Waals surface area contributed by atoms with Gasteiger partial charge in [-0.1, -0.05) is 151 Å². The Hall–Kier alpha value is -5.35. The molecule has 5 aromatic carbocycles. The summed E-state index contributed by atoms with van der Waals surface area (Å²) in [6, 6.07) is 48.6. The minimum Gasteiger partial charge on any atom is -0.397 e. The zero-order valence-electron chi connectivity index (χ0n) is 22.5. The van der Waals surface area contributed by atoms with Crippen LogP contribution in [0, 0.1) is 6.92 Å². The summed E-state index contributed by atoms with van der Waals surface area (Å²) in [5.41, 5.74) is 21.8. The van der Waals surface area contributed by atoms with Gasteiger partial charge in [0.05, 0.1) is 22.8 Å². The van der Waals surface area contributed by atoms with Crippen LogP contribution in [0.15, 0.2) is 146 Å². The number of nitrogens with one attached hydrogen (secondary N) is 1. The highest BCUT2D eigenvalue weighted by atomic mass is 14.9. The Morgan fingerprint density at radius 1 is 0.500 bits per heavy atom. The van der Waals surface area contributed by atoms with Gasteiger partial charge in [-0.25, -0.2) is 4.98 Å². The number of rotatable bonds is 5. The first-order valence-electron chi connectivity index (χ1n) is 13.2. The topological polar surface area (TPSA) is 80.7 Å². The molecule has 0 aliphatic heterocycles. The number of aromatic nitrogens is 2. The molecule has 0 aliphatic carbocycles. The minimum atomic E-state index is 0.617. The molecule has 6 aromatic rings. The smallest absolute Gasteiger partial charge is 0.138 e. The molecule has 40 heavy (non-hydrogen) atoms. The normalized spacial score (nSPS) is 11.2. The van der Waals surface area contributed by atoms with Crippen molar-refractivity contribution in [1.29, 1.82) is 0 Å². The van der Waals surface area contributed by atoms with Gasteiger partial charge in [0.15, 0.2) is 0 Å². The first-order chi connectivity index (χ1) is 19.6. The summed E-state index contributed by atoms with van der Waals surface area (Å²) in [7, 11) is 0. The molecule has 4 heteroatoms. The standard InChI is InChI=1S/C22H18N2.C14H14N2/c1-16-12-14-19(15-13-16)22-23-20(17-8-4-2-5-9-17)21(24-22)18-10-6-3-7-11-18;15-13(11-7-3-1-4-8-11)14(16)12-9-5-2-6-10-12/h2-15H,1H3,(H,23,24);1-10H,15-16H2/b;14-13-. The van der Waals surface area contributed by atoms with E-state index in [0.717, 1.165) is 45.0 Å². The molecule has 0 fully saturated rings. The van der Waals surface area contributed by atoms with E-state index < -0.39 is 0 Å². The average Bonchev–Trinajstić information content (AvgIpc) is 3.48. The van der Waals surface area contributed by atoms with Crippen molar-refractivity contribution in [3.8, 4) is 33.9 Å². The Morgan fingerprint density at radius 3 is 1.40 bits per heavy atom. The highest BCUT2D eigenvalue weighted by Gasteiger charge is 2.14. The van der Waals surface area contributed by atoms with Crippen LogP contribution in [-0.2, 0) is 0 Å². The lowest BCUT2D eigenvalue weighted by Crippen LogP contribution is -2.07. The Bertz CT molecular complexity index is 1570. The SMILES string of the molecule is Cc1ccc(-c2nc(-c3ccccc3)c(-c3ccccc3)[nH]2)cc1.N/C(=C(\N)c1ccccc1)c1ccccc1. The number of benzene rings is 5. The zero-order valence-corrected chi connectivity index (χ0v) is 22.5. The van der Waals surface area contributed by atoms with Gasteiger partial charge in [0.1, 0.15) is 5.82 Å². The second-order valence-electron chi connectivity index (χ2n) is 9.47. The van der Waals surface area contributed by atoms with Crippen molar-refractivity contribution in [3.05, 3.63) is 162 Å². The van der Waals surface area contributed by atoms with E-state index in [9.17, 15) is 0 Å². The monoisotopic (exact) mass is 520 g/mol.